The number of carbonyl (C=O) groups is 1. The van der Waals surface area contributed by atoms with E-state index in [-0.39, 0.29) is 11.9 Å². The van der Waals surface area contributed by atoms with Gasteiger partial charge < -0.3 is 20.2 Å². The van der Waals surface area contributed by atoms with Crippen molar-refractivity contribution in [3.8, 4) is 5.75 Å². The average Bonchev–Trinajstić information content (AvgIpc) is 3.65. The minimum atomic E-state index is -0.246. The first-order valence-corrected chi connectivity index (χ1v) is 12.1. The Hall–Kier alpha value is -2.47. The summed E-state index contributed by atoms with van der Waals surface area (Å²) < 4.78 is 18.1. The van der Waals surface area contributed by atoms with Crippen LogP contribution in [-0.2, 0) is 4.79 Å². The smallest absolute Gasteiger partial charge is 0.141 e. The van der Waals surface area contributed by atoms with E-state index in [9.17, 15) is 4.39 Å². The Kier molecular flexibility index (Phi) is 11.3. The molecular formula is C27H40FN3O2. The van der Waals surface area contributed by atoms with E-state index in [1.165, 1.54) is 50.1 Å². The molecule has 2 atom stereocenters. The van der Waals surface area contributed by atoms with Gasteiger partial charge in [0, 0.05) is 36.9 Å². The summed E-state index contributed by atoms with van der Waals surface area (Å²) in [5, 5.41) is 0. The van der Waals surface area contributed by atoms with Crippen molar-refractivity contribution < 1.29 is 13.9 Å². The van der Waals surface area contributed by atoms with Gasteiger partial charge in [0.1, 0.15) is 18.4 Å². The standard InChI is InChI=1S/C18H30N2O.C8H8FN.CH2O/c1-4-14(2)18(19)12-20(3)16-8-10-17(11-9-16)21-13-15-6-5-7-15;9-7-3-4-8(10-5-7)6-1-2-6;1-2/h8-11,14-15,18H,4-7,12-13,19H2,1-3H3;3-6H,1-2H2;1H2/t14-,18+;;/m0../s1. The van der Waals surface area contributed by atoms with Gasteiger partial charge in [-0.25, -0.2) is 4.39 Å². The van der Waals surface area contributed by atoms with Gasteiger partial charge in [0.2, 0.25) is 0 Å². The van der Waals surface area contributed by atoms with E-state index in [0.717, 1.165) is 36.9 Å². The van der Waals surface area contributed by atoms with Gasteiger partial charge in [-0.1, -0.05) is 26.7 Å². The van der Waals surface area contributed by atoms with E-state index in [1.54, 1.807) is 6.07 Å². The zero-order valence-electron chi connectivity index (χ0n) is 20.4. The van der Waals surface area contributed by atoms with Crippen LogP contribution in [0.3, 0.4) is 0 Å². The molecule has 1 heterocycles. The zero-order valence-corrected chi connectivity index (χ0v) is 20.4. The number of carbonyl (C=O) groups excluding carboxylic acids is 1. The number of pyridine rings is 1. The highest BCUT2D eigenvalue weighted by molar-refractivity contribution is 5.48. The number of ether oxygens (including phenoxy) is 1. The van der Waals surface area contributed by atoms with Crippen LogP contribution in [0.1, 0.15) is 64.0 Å². The van der Waals surface area contributed by atoms with E-state index in [1.807, 2.05) is 6.79 Å². The minimum Gasteiger partial charge on any atom is -0.493 e. The summed E-state index contributed by atoms with van der Waals surface area (Å²) in [6, 6.07) is 11.8. The highest BCUT2D eigenvalue weighted by Crippen LogP contribution is 2.38. The summed E-state index contributed by atoms with van der Waals surface area (Å²) in [7, 11) is 2.10. The third kappa shape index (κ3) is 9.12. The zero-order chi connectivity index (χ0) is 24.2. The first kappa shape index (κ1) is 26.8. The van der Waals surface area contributed by atoms with Crippen LogP contribution in [0.2, 0.25) is 0 Å². The number of halogens is 1. The summed E-state index contributed by atoms with van der Waals surface area (Å²) in [6.45, 7) is 8.17. The van der Waals surface area contributed by atoms with E-state index in [4.69, 9.17) is 15.3 Å². The van der Waals surface area contributed by atoms with Crippen LogP contribution in [0.25, 0.3) is 0 Å². The van der Waals surface area contributed by atoms with Gasteiger partial charge in [-0.3, -0.25) is 4.98 Å². The molecule has 2 aromatic rings. The van der Waals surface area contributed by atoms with E-state index in [2.05, 4.69) is 55.0 Å². The Balaban J connectivity index is 0.000000266. The van der Waals surface area contributed by atoms with Crippen LogP contribution in [0, 0.1) is 17.7 Å². The van der Waals surface area contributed by atoms with Gasteiger partial charge in [-0.15, -0.1) is 0 Å². The van der Waals surface area contributed by atoms with Gasteiger partial charge in [0.05, 0.1) is 12.8 Å². The molecule has 0 radical (unpaired) electrons. The van der Waals surface area contributed by atoms with Crippen LogP contribution in [-0.4, -0.2) is 38.0 Å². The molecule has 5 nitrogen and oxygen atoms in total. The van der Waals surface area contributed by atoms with Crippen molar-refractivity contribution in [2.24, 2.45) is 17.6 Å². The monoisotopic (exact) mass is 457 g/mol. The minimum absolute atomic E-state index is 0.217. The van der Waals surface area contributed by atoms with Crippen LogP contribution in [0.4, 0.5) is 10.1 Å². The number of benzene rings is 1. The Bertz CT molecular complexity index is 792. The molecule has 0 amide bonds. The molecule has 0 saturated heterocycles. The maximum absolute atomic E-state index is 12.3. The van der Waals surface area contributed by atoms with E-state index < -0.39 is 0 Å². The van der Waals surface area contributed by atoms with Crippen molar-refractivity contribution in [2.75, 3.05) is 25.1 Å². The maximum Gasteiger partial charge on any atom is 0.141 e. The lowest BCUT2D eigenvalue weighted by Crippen LogP contribution is -2.39. The van der Waals surface area contributed by atoms with Crippen molar-refractivity contribution >= 4 is 12.5 Å². The number of likely N-dealkylation sites (N-methyl/N-ethyl adjacent to an activating group) is 1. The molecule has 2 aliphatic carbocycles. The van der Waals surface area contributed by atoms with Gasteiger partial charge in [0.25, 0.3) is 0 Å². The predicted octanol–water partition coefficient (Wildman–Crippen LogP) is 5.59. The molecule has 1 aromatic heterocycles. The first-order valence-electron chi connectivity index (χ1n) is 12.1. The summed E-state index contributed by atoms with van der Waals surface area (Å²) in [5.74, 6) is 2.69. The predicted molar refractivity (Wildman–Crippen MR) is 133 cm³/mol. The van der Waals surface area contributed by atoms with Crippen molar-refractivity contribution in [2.45, 2.75) is 64.3 Å². The number of anilines is 1. The van der Waals surface area contributed by atoms with Gasteiger partial charge in [-0.05, 0) is 73.9 Å². The van der Waals surface area contributed by atoms with E-state index >= 15 is 0 Å². The Morgan fingerprint density at radius 1 is 1.15 bits per heavy atom. The summed E-state index contributed by atoms with van der Waals surface area (Å²) in [4.78, 5) is 14.2. The van der Waals surface area contributed by atoms with Crippen molar-refractivity contribution in [3.63, 3.8) is 0 Å². The van der Waals surface area contributed by atoms with Crippen LogP contribution in [0.5, 0.6) is 5.75 Å². The number of hydrogen-bond acceptors (Lipinski definition) is 5. The molecule has 33 heavy (non-hydrogen) atoms. The fourth-order valence-corrected chi connectivity index (χ4v) is 3.58. The fraction of sp³-hybridized carbons (Fsp3) is 0.556. The van der Waals surface area contributed by atoms with Crippen LogP contribution in [0.15, 0.2) is 42.6 Å². The number of nitrogens with zero attached hydrogens (tertiary/aromatic N) is 2. The molecule has 4 rings (SSSR count). The summed E-state index contributed by atoms with van der Waals surface area (Å²) >= 11 is 0. The Morgan fingerprint density at radius 3 is 2.30 bits per heavy atom. The Labute approximate surface area is 198 Å². The lowest BCUT2D eigenvalue weighted by molar-refractivity contribution is -0.0979. The molecule has 0 spiro atoms. The number of hydrogen-bond donors (Lipinski definition) is 1. The quantitative estimate of drug-likeness (QED) is 0.532. The van der Waals surface area contributed by atoms with E-state index in [0.29, 0.717) is 11.8 Å². The maximum atomic E-state index is 12.3. The van der Waals surface area contributed by atoms with Crippen molar-refractivity contribution in [1.82, 2.24) is 4.98 Å². The highest BCUT2D eigenvalue weighted by atomic mass is 19.1. The van der Waals surface area contributed by atoms with Gasteiger partial charge >= 0.3 is 0 Å². The molecule has 2 saturated carbocycles. The lowest BCUT2D eigenvalue weighted by atomic mass is 9.86. The molecule has 2 aliphatic rings. The third-order valence-electron chi connectivity index (χ3n) is 6.59. The molecule has 2 N–H and O–H groups in total. The SMILES string of the molecule is C=O.CC[C@H](C)[C@H](N)CN(C)c1ccc(OCC2CCC2)cc1.Fc1ccc(C2CC2)nc1. The van der Waals surface area contributed by atoms with Crippen LogP contribution < -0.4 is 15.4 Å². The fourth-order valence-electron chi connectivity index (χ4n) is 3.58. The van der Waals surface area contributed by atoms with Gasteiger partial charge in [0.15, 0.2) is 0 Å². The molecule has 6 heteroatoms. The second-order valence-corrected chi connectivity index (χ2v) is 9.21. The summed E-state index contributed by atoms with van der Waals surface area (Å²) in [5.41, 5.74) is 8.47. The third-order valence-corrected chi connectivity index (χ3v) is 6.59. The Morgan fingerprint density at radius 2 is 1.82 bits per heavy atom. The number of nitrogens with two attached hydrogens (primary N) is 1. The molecule has 1 aromatic carbocycles. The topological polar surface area (TPSA) is 68.5 Å². The lowest BCUT2D eigenvalue weighted by Gasteiger charge is -2.27. The molecule has 0 aliphatic heterocycles. The van der Waals surface area contributed by atoms with Crippen LogP contribution >= 0.6 is 0 Å². The molecule has 182 valence electrons. The molecular weight excluding hydrogens is 417 g/mol. The molecule has 2 fully saturated rings. The normalized spacial score (nSPS) is 16.8. The number of rotatable bonds is 9. The first-order chi connectivity index (χ1) is 16.0. The number of aromatic nitrogens is 1. The van der Waals surface area contributed by atoms with Gasteiger partial charge in [-0.2, -0.15) is 0 Å². The second kappa shape index (κ2) is 13.9. The molecule has 0 unspecified atom stereocenters. The molecule has 0 bridgehead atoms. The highest BCUT2D eigenvalue weighted by Gasteiger charge is 2.24. The second-order valence-electron chi connectivity index (χ2n) is 9.21. The van der Waals surface area contributed by atoms with Crippen molar-refractivity contribution in [3.05, 3.63) is 54.1 Å². The van der Waals surface area contributed by atoms with Crippen molar-refractivity contribution in [1.29, 1.82) is 0 Å². The summed E-state index contributed by atoms with van der Waals surface area (Å²) in [6.07, 6.45) is 8.88. The average molecular weight is 458 g/mol. The largest absolute Gasteiger partial charge is 0.493 e.